The van der Waals surface area contributed by atoms with E-state index in [4.69, 9.17) is 4.42 Å². The number of nitro groups is 1. The summed E-state index contributed by atoms with van der Waals surface area (Å²) in [4.78, 5) is 22.5. The van der Waals surface area contributed by atoms with Crippen LogP contribution >= 0.6 is 15.9 Å². The summed E-state index contributed by atoms with van der Waals surface area (Å²) in [5, 5.41) is 27.9. The fourth-order valence-electron chi connectivity index (χ4n) is 2.59. The van der Waals surface area contributed by atoms with E-state index in [1.165, 1.54) is 19.2 Å². The summed E-state index contributed by atoms with van der Waals surface area (Å²) < 4.78 is 46.2. The summed E-state index contributed by atoms with van der Waals surface area (Å²) in [7, 11) is 0. The molecule has 0 unspecified atom stereocenters. The Balaban J connectivity index is 1.82. The molecule has 1 atom stereocenters. The molecular weight excluding hydrogens is 455 g/mol. The fourth-order valence-corrected chi connectivity index (χ4v) is 3.05. The molecule has 0 bridgehead atoms. The molecule has 0 aromatic carbocycles. The van der Waals surface area contributed by atoms with E-state index in [9.17, 15) is 33.2 Å². The van der Waals surface area contributed by atoms with Crippen LogP contribution in [0.15, 0.2) is 32.3 Å². The van der Waals surface area contributed by atoms with Crippen LogP contribution in [0.4, 0.5) is 19.0 Å². The Labute approximate surface area is 162 Å². The number of carbonyl (C=O) groups excluding carboxylic acids is 1. The second kappa shape index (κ2) is 6.70. The molecule has 10 nitrogen and oxygen atoms in total. The molecule has 0 spiro atoms. The van der Waals surface area contributed by atoms with Crippen molar-refractivity contribution in [2.24, 2.45) is 5.10 Å². The van der Waals surface area contributed by atoms with Gasteiger partial charge in [-0.05, 0) is 39.9 Å². The lowest BCUT2D eigenvalue weighted by Crippen LogP contribution is -2.56. The lowest BCUT2D eigenvalue weighted by atomic mass is 10.1. The molecule has 0 saturated heterocycles. The maximum Gasteiger partial charge on any atom is 0.438 e. The first-order valence-electron chi connectivity index (χ1n) is 7.56. The van der Waals surface area contributed by atoms with Gasteiger partial charge in [0.15, 0.2) is 5.76 Å². The molecule has 0 radical (unpaired) electrons. The Bertz CT molecular complexity index is 984. The largest absolute Gasteiger partial charge is 0.454 e. The number of halogens is 4. The van der Waals surface area contributed by atoms with Gasteiger partial charge in [0.1, 0.15) is 16.8 Å². The van der Waals surface area contributed by atoms with Crippen LogP contribution in [0, 0.1) is 10.1 Å². The predicted octanol–water partition coefficient (Wildman–Crippen LogP) is 2.67. The van der Waals surface area contributed by atoms with Crippen LogP contribution in [0.1, 0.15) is 29.7 Å². The number of amides is 1. The summed E-state index contributed by atoms with van der Waals surface area (Å²) in [5.74, 6) is -2.10. The number of furan rings is 1. The Kier molecular flexibility index (Phi) is 4.79. The van der Waals surface area contributed by atoms with Gasteiger partial charge in [0, 0.05) is 12.1 Å². The molecule has 3 heterocycles. The van der Waals surface area contributed by atoms with Crippen LogP contribution in [-0.2, 0) is 6.54 Å². The molecule has 2 aromatic rings. The average Bonchev–Trinajstić information content (AvgIpc) is 3.25. The highest BCUT2D eigenvalue weighted by Gasteiger charge is 2.63. The number of hydrogen-bond acceptors (Lipinski definition) is 7. The third-order valence-corrected chi connectivity index (χ3v) is 4.39. The van der Waals surface area contributed by atoms with E-state index < -0.39 is 40.7 Å². The molecule has 0 saturated carbocycles. The maximum absolute atomic E-state index is 13.2. The first-order chi connectivity index (χ1) is 12.9. The molecule has 0 fully saturated rings. The zero-order valence-electron chi connectivity index (χ0n) is 14.0. The van der Waals surface area contributed by atoms with Crippen LogP contribution in [0.25, 0.3) is 0 Å². The number of hydrogen-bond donors (Lipinski definition) is 1. The first-order valence-corrected chi connectivity index (χ1v) is 8.35. The van der Waals surface area contributed by atoms with E-state index in [-0.39, 0.29) is 27.5 Å². The van der Waals surface area contributed by atoms with Crippen molar-refractivity contribution in [2.45, 2.75) is 31.8 Å². The van der Waals surface area contributed by atoms with Crippen LogP contribution in [0.2, 0.25) is 0 Å². The molecular formula is C14H11BrF3N5O5. The monoisotopic (exact) mass is 465 g/mol. The van der Waals surface area contributed by atoms with Gasteiger partial charge in [-0.3, -0.25) is 4.79 Å². The van der Waals surface area contributed by atoms with Crippen molar-refractivity contribution >= 4 is 33.4 Å². The lowest BCUT2D eigenvalue weighted by Gasteiger charge is -2.32. The van der Waals surface area contributed by atoms with E-state index in [0.717, 1.165) is 10.7 Å². The van der Waals surface area contributed by atoms with Crippen molar-refractivity contribution in [3.63, 3.8) is 0 Å². The van der Waals surface area contributed by atoms with Gasteiger partial charge in [-0.2, -0.15) is 28.0 Å². The summed E-state index contributed by atoms with van der Waals surface area (Å²) in [6.07, 6.45) is -4.70. The SMILES string of the molecule is CC1=NN(C(=O)c2ccc(Cn3cc(Br)c([N+](=O)[O-])n3)o2)[C@@](O)(C(F)(F)F)C1. The molecule has 1 aliphatic rings. The Morgan fingerprint density at radius 3 is 2.75 bits per heavy atom. The topological polar surface area (TPSA) is 127 Å². The smallest absolute Gasteiger partial charge is 0.438 e. The van der Waals surface area contributed by atoms with Gasteiger partial charge in [0.25, 0.3) is 5.72 Å². The van der Waals surface area contributed by atoms with Gasteiger partial charge in [0.2, 0.25) is 0 Å². The second-order valence-corrected chi connectivity index (χ2v) is 6.82. The van der Waals surface area contributed by atoms with Gasteiger partial charge in [0.05, 0.1) is 11.3 Å². The van der Waals surface area contributed by atoms with Crippen molar-refractivity contribution in [1.82, 2.24) is 14.8 Å². The highest BCUT2D eigenvalue weighted by Crippen LogP contribution is 2.41. The zero-order chi connectivity index (χ0) is 20.9. The van der Waals surface area contributed by atoms with E-state index >= 15 is 0 Å². The first kappa shape index (κ1) is 20.0. The molecule has 1 N–H and O–H groups in total. The maximum atomic E-state index is 13.2. The highest BCUT2D eigenvalue weighted by molar-refractivity contribution is 9.10. The van der Waals surface area contributed by atoms with Gasteiger partial charge in [-0.15, -0.1) is 0 Å². The van der Waals surface area contributed by atoms with Crippen molar-refractivity contribution in [3.8, 4) is 0 Å². The van der Waals surface area contributed by atoms with Gasteiger partial charge < -0.3 is 19.6 Å². The van der Waals surface area contributed by atoms with Crippen molar-refractivity contribution in [1.29, 1.82) is 0 Å². The molecule has 3 rings (SSSR count). The normalized spacial score (nSPS) is 19.8. The van der Waals surface area contributed by atoms with Crippen LogP contribution in [-0.4, -0.2) is 48.3 Å². The predicted molar refractivity (Wildman–Crippen MR) is 89.3 cm³/mol. The summed E-state index contributed by atoms with van der Waals surface area (Å²) in [6, 6.07) is 2.42. The molecule has 150 valence electrons. The number of alkyl halides is 3. The van der Waals surface area contributed by atoms with Crippen LogP contribution in [0.5, 0.6) is 0 Å². The highest BCUT2D eigenvalue weighted by atomic mass is 79.9. The van der Waals surface area contributed by atoms with Crippen molar-refractivity contribution < 1.29 is 32.4 Å². The van der Waals surface area contributed by atoms with Crippen molar-refractivity contribution in [2.75, 3.05) is 0 Å². The van der Waals surface area contributed by atoms with Crippen LogP contribution in [0.3, 0.4) is 0 Å². The number of aromatic nitrogens is 2. The quantitative estimate of drug-likeness (QED) is 0.546. The molecule has 14 heteroatoms. The average molecular weight is 466 g/mol. The second-order valence-electron chi connectivity index (χ2n) is 5.96. The third kappa shape index (κ3) is 3.40. The standard InChI is InChI=1S/C14H11BrF3N5O5/c1-7-4-13(25,14(16,17)18)22(19-7)12(24)10-3-2-8(28-10)5-21-6-9(15)11(20-21)23(26)27/h2-3,6,25H,4-5H2,1H3/t13-/m0/s1. The van der Waals surface area contributed by atoms with Gasteiger partial charge >= 0.3 is 17.9 Å². The minimum Gasteiger partial charge on any atom is -0.454 e. The van der Waals surface area contributed by atoms with Gasteiger partial charge in [-0.25, -0.2) is 0 Å². The van der Waals surface area contributed by atoms with E-state index in [1.54, 1.807) is 0 Å². The van der Waals surface area contributed by atoms with E-state index in [1.807, 2.05) is 0 Å². The number of carbonyl (C=O) groups is 1. The summed E-state index contributed by atoms with van der Waals surface area (Å²) >= 11 is 2.98. The van der Waals surface area contributed by atoms with Crippen LogP contribution < -0.4 is 0 Å². The molecule has 2 aromatic heterocycles. The molecule has 1 amide bonds. The molecule has 1 aliphatic heterocycles. The third-order valence-electron chi connectivity index (χ3n) is 3.83. The number of hydrazone groups is 1. The molecule has 28 heavy (non-hydrogen) atoms. The Morgan fingerprint density at radius 2 is 2.18 bits per heavy atom. The zero-order valence-corrected chi connectivity index (χ0v) is 15.6. The van der Waals surface area contributed by atoms with E-state index in [2.05, 4.69) is 26.1 Å². The molecule has 0 aliphatic carbocycles. The number of rotatable bonds is 4. The minimum absolute atomic E-state index is 0.0553. The fraction of sp³-hybridized carbons (Fsp3) is 0.357. The van der Waals surface area contributed by atoms with E-state index in [0.29, 0.717) is 0 Å². The minimum atomic E-state index is -5.13. The Morgan fingerprint density at radius 1 is 1.50 bits per heavy atom. The summed E-state index contributed by atoms with van der Waals surface area (Å²) in [5.41, 5.74) is -3.54. The summed E-state index contributed by atoms with van der Waals surface area (Å²) in [6.45, 7) is 1.13. The van der Waals surface area contributed by atoms with Crippen molar-refractivity contribution in [3.05, 3.63) is 44.4 Å². The number of aliphatic hydroxyl groups is 1. The number of nitrogens with zero attached hydrogens (tertiary/aromatic N) is 5. The lowest BCUT2D eigenvalue weighted by molar-refractivity contribution is -0.390. The van der Waals surface area contributed by atoms with Gasteiger partial charge in [-0.1, -0.05) is 0 Å². The Hall–Kier alpha value is -2.74.